The van der Waals surface area contributed by atoms with E-state index in [1.54, 1.807) is 18.2 Å². The summed E-state index contributed by atoms with van der Waals surface area (Å²) in [6.45, 7) is 2.07. The van der Waals surface area contributed by atoms with Crippen molar-refractivity contribution < 1.29 is 27.8 Å². The number of benzene rings is 1. The molecule has 2 heterocycles. The van der Waals surface area contributed by atoms with Crippen LogP contribution >= 0.6 is 11.3 Å². The van der Waals surface area contributed by atoms with E-state index in [1.165, 1.54) is 6.07 Å². The molecule has 30 heavy (non-hydrogen) atoms. The number of nitrogens with one attached hydrogen (secondary N) is 1. The molecular weight excluding hydrogens is 431 g/mol. The van der Waals surface area contributed by atoms with Crippen molar-refractivity contribution >= 4 is 27.5 Å². The van der Waals surface area contributed by atoms with Crippen LogP contribution in [-0.4, -0.2) is 35.8 Å². The largest absolute Gasteiger partial charge is 0.503 e. The molecule has 0 radical (unpaired) electrons. The predicted molar refractivity (Wildman–Crippen MR) is 111 cm³/mol. The standard InChI is InChI=1S/C19H17FN2O2S2.CH2O3/c1-19(13-5-3-2-4-6-13)11-17(19)22-26(23,24)18-10-9-16(25-18)15-8-7-14(20)12-21-15;2-1(3)4/h2-10,12,17,22H,11H2,1H3;(H2,2,3,4)/t17-,19+;/m0./s1. The average molecular weight is 451 g/mol. The number of nitrogens with zero attached hydrogens (tertiary/aromatic N) is 1. The van der Waals surface area contributed by atoms with E-state index in [-0.39, 0.29) is 15.7 Å². The lowest BCUT2D eigenvalue weighted by atomic mass is 9.98. The third-order valence-electron chi connectivity index (χ3n) is 4.79. The number of pyridine rings is 1. The summed E-state index contributed by atoms with van der Waals surface area (Å²) in [5.74, 6) is -0.422. The second kappa shape index (κ2) is 8.50. The molecule has 0 saturated heterocycles. The Morgan fingerprint density at radius 1 is 1.17 bits per heavy atom. The summed E-state index contributed by atoms with van der Waals surface area (Å²) in [5, 5.41) is 13.9. The highest BCUT2D eigenvalue weighted by Gasteiger charge is 2.53. The van der Waals surface area contributed by atoms with Crippen LogP contribution < -0.4 is 4.72 Å². The van der Waals surface area contributed by atoms with Crippen LogP contribution in [0, 0.1) is 5.82 Å². The molecule has 0 amide bonds. The predicted octanol–water partition coefficient (Wildman–Crippen LogP) is 4.18. The molecule has 0 spiro atoms. The maximum absolute atomic E-state index is 13.0. The van der Waals surface area contributed by atoms with Crippen molar-refractivity contribution in [2.45, 2.75) is 29.0 Å². The topological polar surface area (TPSA) is 117 Å². The van der Waals surface area contributed by atoms with E-state index in [4.69, 9.17) is 15.0 Å². The molecule has 1 fully saturated rings. The van der Waals surface area contributed by atoms with Crippen molar-refractivity contribution in [3.63, 3.8) is 0 Å². The fraction of sp³-hybridized carbons (Fsp3) is 0.200. The maximum Gasteiger partial charge on any atom is 0.503 e. The van der Waals surface area contributed by atoms with Gasteiger partial charge in [-0.05, 0) is 36.2 Å². The Kier molecular flexibility index (Phi) is 6.20. The number of halogens is 1. The van der Waals surface area contributed by atoms with Crippen LogP contribution in [0.25, 0.3) is 10.6 Å². The molecule has 1 aromatic carbocycles. The quantitative estimate of drug-likeness (QED) is 0.537. The number of rotatable bonds is 5. The SMILES string of the molecule is C[C@]1(c2ccccc2)C[C@@H]1NS(=O)(=O)c1ccc(-c2ccc(F)cn2)s1.O=C(O)O. The van der Waals surface area contributed by atoms with Crippen molar-refractivity contribution in [2.75, 3.05) is 0 Å². The van der Waals surface area contributed by atoms with Gasteiger partial charge in [0, 0.05) is 11.5 Å². The smallest absolute Gasteiger partial charge is 0.450 e. The first-order valence-corrected chi connectivity index (χ1v) is 11.1. The van der Waals surface area contributed by atoms with Gasteiger partial charge in [-0.15, -0.1) is 11.3 Å². The molecule has 0 aliphatic heterocycles. The minimum absolute atomic E-state index is 0.121. The molecule has 3 aromatic rings. The van der Waals surface area contributed by atoms with E-state index in [2.05, 4.69) is 16.6 Å². The highest BCUT2D eigenvalue weighted by molar-refractivity contribution is 7.91. The number of thiophene rings is 1. The van der Waals surface area contributed by atoms with Gasteiger partial charge in [0.05, 0.1) is 16.8 Å². The van der Waals surface area contributed by atoms with Gasteiger partial charge < -0.3 is 10.2 Å². The first-order valence-electron chi connectivity index (χ1n) is 8.83. The van der Waals surface area contributed by atoms with E-state index >= 15 is 0 Å². The molecule has 10 heteroatoms. The van der Waals surface area contributed by atoms with Gasteiger partial charge >= 0.3 is 6.16 Å². The molecule has 1 saturated carbocycles. The van der Waals surface area contributed by atoms with E-state index in [1.807, 2.05) is 30.3 Å². The summed E-state index contributed by atoms with van der Waals surface area (Å²) in [4.78, 5) is 13.2. The molecule has 2 aromatic heterocycles. The number of aromatic nitrogens is 1. The zero-order valence-corrected chi connectivity index (χ0v) is 17.5. The van der Waals surface area contributed by atoms with Crippen molar-refractivity contribution in [1.82, 2.24) is 9.71 Å². The number of hydrogen-bond donors (Lipinski definition) is 3. The molecule has 4 rings (SSSR count). The van der Waals surface area contributed by atoms with Crippen LogP contribution in [0.5, 0.6) is 0 Å². The van der Waals surface area contributed by atoms with Gasteiger partial charge in [0.25, 0.3) is 0 Å². The minimum Gasteiger partial charge on any atom is -0.450 e. The normalized spacial score (nSPS) is 20.1. The Morgan fingerprint density at radius 2 is 1.83 bits per heavy atom. The molecule has 158 valence electrons. The lowest BCUT2D eigenvalue weighted by Crippen LogP contribution is -2.29. The van der Waals surface area contributed by atoms with Crippen molar-refractivity contribution in [1.29, 1.82) is 0 Å². The number of carbonyl (C=O) groups is 1. The van der Waals surface area contributed by atoms with Crippen molar-refractivity contribution in [3.05, 3.63) is 72.2 Å². The molecule has 1 aliphatic carbocycles. The summed E-state index contributed by atoms with van der Waals surface area (Å²) in [6, 6.07) is 15.9. The highest BCUT2D eigenvalue weighted by Crippen LogP contribution is 2.48. The van der Waals surface area contributed by atoms with Crippen LogP contribution in [0.15, 0.2) is 65.0 Å². The van der Waals surface area contributed by atoms with Crippen LogP contribution in [0.3, 0.4) is 0 Å². The average Bonchev–Trinajstić information content (AvgIpc) is 3.11. The van der Waals surface area contributed by atoms with Crippen LogP contribution in [0.1, 0.15) is 18.9 Å². The van der Waals surface area contributed by atoms with Gasteiger partial charge in [-0.1, -0.05) is 37.3 Å². The zero-order valence-electron chi connectivity index (χ0n) is 15.8. The first kappa shape index (κ1) is 21.9. The number of sulfonamides is 1. The molecule has 2 atom stereocenters. The second-order valence-electron chi connectivity index (χ2n) is 6.92. The molecular formula is C20H19FN2O5S2. The minimum atomic E-state index is -3.60. The molecule has 1 aliphatic rings. The van der Waals surface area contributed by atoms with Gasteiger partial charge in [-0.2, -0.15) is 0 Å². The Balaban J connectivity index is 0.000000589. The lowest BCUT2D eigenvalue weighted by molar-refractivity contribution is 0.137. The van der Waals surface area contributed by atoms with Crippen LogP contribution in [-0.2, 0) is 15.4 Å². The maximum atomic E-state index is 13.0. The second-order valence-corrected chi connectivity index (χ2v) is 9.95. The fourth-order valence-corrected chi connectivity index (χ4v) is 5.69. The zero-order chi connectivity index (χ0) is 21.9. The fourth-order valence-electron chi connectivity index (χ4n) is 3.04. The highest BCUT2D eigenvalue weighted by atomic mass is 32.2. The summed E-state index contributed by atoms with van der Waals surface area (Å²) in [7, 11) is -3.60. The number of carboxylic acid groups (broad SMARTS) is 2. The molecule has 0 bridgehead atoms. The Hall–Kier alpha value is -2.82. The van der Waals surface area contributed by atoms with Crippen molar-refractivity contribution in [2.24, 2.45) is 0 Å². The Morgan fingerprint density at radius 3 is 2.43 bits per heavy atom. The van der Waals surface area contributed by atoms with Gasteiger partial charge in [0.1, 0.15) is 10.0 Å². The molecule has 7 nitrogen and oxygen atoms in total. The molecule has 3 N–H and O–H groups in total. The van der Waals surface area contributed by atoms with E-state index < -0.39 is 22.0 Å². The van der Waals surface area contributed by atoms with Crippen LogP contribution in [0.4, 0.5) is 9.18 Å². The summed E-state index contributed by atoms with van der Waals surface area (Å²) < 4.78 is 41.5. The Bertz CT molecular complexity index is 1130. The van der Waals surface area contributed by atoms with Gasteiger partial charge in [0.2, 0.25) is 10.0 Å². The first-order chi connectivity index (χ1) is 14.1. The van der Waals surface area contributed by atoms with E-state index in [0.717, 1.165) is 29.5 Å². The van der Waals surface area contributed by atoms with Gasteiger partial charge in [0.15, 0.2) is 0 Å². The van der Waals surface area contributed by atoms with Gasteiger partial charge in [-0.25, -0.2) is 22.3 Å². The molecule has 0 unspecified atom stereocenters. The van der Waals surface area contributed by atoms with Crippen LogP contribution in [0.2, 0.25) is 0 Å². The number of hydrogen-bond acceptors (Lipinski definition) is 5. The Labute approximate surface area is 176 Å². The summed E-state index contributed by atoms with van der Waals surface area (Å²) in [6.07, 6.45) is 0.0605. The summed E-state index contributed by atoms with van der Waals surface area (Å²) in [5.41, 5.74) is 1.51. The lowest BCUT2D eigenvalue weighted by Gasteiger charge is -2.12. The van der Waals surface area contributed by atoms with E-state index in [0.29, 0.717) is 10.6 Å². The third-order valence-corrected chi connectivity index (χ3v) is 7.87. The third kappa shape index (κ3) is 5.02. The summed E-state index contributed by atoms with van der Waals surface area (Å²) >= 11 is 1.13. The van der Waals surface area contributed by atoms with Gasteiger partial charge in [-0.3, -0.25) is 4.98 Å². The monoisotopic (exact) mass is 450 g/mol. The van der Waals surface area contributed by atoms with Crippen molar-refractivity contribution in [3.8, 4) is 10.6 Å². The van der Waals surface area contributed by atoms with E-state index in [9.17, 15) is 12.8 Å².